The van der Waals surface area contributed by atoms with Gasteiger partial charge in [-0.25, -0.2) is 4.90 Å². The molecule has 0 N–H and O–H groups in total. The van der Waals surface area contributed by atoms with Gasteiger partial charge in [-0.2, -0.15) is 0 Å². The van der Waals surface area contributed by atoms with E-state index in [9.17, 15) is 14.9 Å². The maximum Gasteiger partial charge on any atom is 0.320 e. The van der Waals surface area contributed by atoms with Gasteiger partial charge in [0.05, 0.1) is 7.11 Å². The van der Waals surface area contributed by atoms with Crippen LogP contribution in [0.4, 0.5) is 0 Å². The summed E-state index contributed by atoms with van der Waals surface area (Å²) in [6.45, 7) is 1.33. The van der Waals surface area contributed by atoms with Crippen LogP contribution in [0.5, 0.6) is 0 Å². The molecule has 0 heterocycles. The lowest BCUT2D eigenvalue weighted by atomic mass is 10.5. The lowest BCUT2D eigenvalue weighted by Crippen LogP contribution is -2.39. The monoisotopic (exact) mass is 176 g/mol. The van der Waals surface area contributed by atoms with Crippen molar-refractivity contribution in [3.8, 4) is 0 Å². The van der Waals surface area contributed by atoms with Gasteiger partial charge < -0.3 is 4.74 Å². The van der Waals surface area contributed by atoms with Crippen LogP contribution in [0, 0.1) is 10.1 Å². The van der Waals surface area contributed by atoms with E-state index in [0.717, 1.165) is 0 Å². The summed E-state index contributed by atoms with van der Waals surface area (Å²) >= 11 is 0. The summed E-state index contributed by atoms with van der Waals surface area (Å²) in [6, 6.07) is 0. The van der Waals surface area contributed by atoms with E-state index in [1.54, 1.807) is 0 Å². The fraction of sp³-hybridized carbons (Fsp3) is 0.833. The van der Waals surface area contributed by atoms with Crippen molar-refractivity contribution < 1.29 is 14.5 Å². The zero-order valence-corrected chi connectivity index (χ0v) is 7.31. The molecule has 0 aromatic heterocycles. The largest absolute Gasteiger partial charge is 0.468 e. The molecular formula is C6H12N2O4. The first-order valence-corrected chi connectivity index (χ1v) is 3.39. The number of rotatable bonds is 4. The Hall–Kier alpha value is -1.17. The molecule has 0 aliphatic rings. The van der Waals surface area contributed by atoms with E-state index < -0.39 is 17.1 Å². The molecule has 0 fully saturated rings. The molecule has 0 bridgehead atoms. The second-order valence-electron chi connectivity index (χ2n) is 2.41. The number of hydrogen-bond acceptors (Lipinski definition) is 5. The number of nitro groups is 1. The Bertz CT molecular complexity index is 182. The molecule has 1 atom stereocenters. The van der Waals surface area contributed by atoms with Gasteiger partial charge in [0.15, 0.2) is 0 Å². The molecule has 0 spiro atoms. The van der Waals surface area contributed by atoms with E-state index in [1.165, 1.54) is 26.0 Å². The number of carbonyl (C=O) groups excluding carboxylic acids is 1. The molecular weight excluding hydrogens is 164 g/mol. The summed E-state index contributed by atoms with van der Waals surface area (Å²) in [7, 11) is 2.73. The predicted molar refractivity (Wildman–Crippen MR) is 41.1 cm³/mol. The molecule has 0 rings (SSSR count). The van der Waals surface area contributed by atoms with E-state index in [1.807, 2.05) is 0 Å². The van der Waals surface area contributed by atoms with Crippen molar-refractivity contribution in [1.29, 1.82) is 0 Å². The molecule has 0 amide bonds. The van der Waals surface area contributed by atoms with Gasteiger partial charge in [-0.15, -0.1) is 0 Å². The standard InChI is InChI=1S/C6H12N2O4/c1-5(8(10)11)7(2)4-6(9)12-3/h5H,4H2,1-3H3. The van der Waals surface area contributed by atoms with Gasteiger partial charge >= 0.3 is 5.97 Å². The molecule has 1 unspecified atom stereocenters. The van der Waals surface area contributed by atoms with Crippen LogP contribution in [0.15, 0.2) is 0 Å². The van der Waals surface area contributed by atoms with E-state index in [4.69, 9.17) is 0 Å². The van der Waals surface area contributed by atoms with Crippen molar-refractivity contribution in [3.05, 3.63) is 10.1 Å². The van der Waals surface area contributed by atoms with Crippen molar-refractivity contribution in [3.63, 3.8) is 0 Å². The van der Waals surface area contributed by atoms with Gasteiger partial charge in [-0.3, -0.25) is 14.9 Å². The molecule has 12 heavy (non-hydrogen) atoms. The minimum absolute atomic E-state index is 0.0708. The van der Waals surface area contributed by atoms with Crippen LogP contribution in [-0.4, -0.2) is 42.7 Å². The number of likely N-dealkylation sites (N-methyl/N-ethyl adjacent to an activating group) is 1. The average molecular weight is 176 g/mol. The first kappa shape index (κ1) is 10.8. The molecule has 6 nitrogen and oxygen atoms in total. The van der Waals surface area contributed by atoms with E-state index in [0.29, 0.717) is 0 Å². The van der Waals surface area contributed by atoms with Crippen molar-refractivity contribution >= 4 is 5.97 Å². The van der Waals surface area contributed by atoms with Crippen LogP contribution < -0.4 is 0 Å². The van der Waals surface area contributed by atoms with Crippen molar-refractivity contribution in [1.82, 2.24) is 4.90 Å². The third-order valence-corrected chi connectivity index (χ3v) is 1.55. The van der Waals surface area contributed by atoms with Gasteiger partial charge in [0.25, 0.3) is 6.17 Å². The van der Waals surface area contributed by atoms with E-state index >= 15 is 0 Å². The number of hydrogen-bond donors (Lipinski definition) is 0. The zero-order chi connectivity index (χ0) is 9.72. The van der Waals surface area contributed by atoms with Gasteiger partial charge in [0.2, 0.25) is 0 Å². The third-order valence-electron chi connectivity index (χ3n) is 1.55. The summed E-state index contributed by atoms with van der Waals surface area (Å²) in [6.07, 6.45) is -0.871. The van der Waals surface area contributed by atoms with Crippen molar-refractivity contribution in [2.24, 2.45) is 0 Å². The molecule has 6 heteroatoms. The van der Waals surface area contributed by atoms with E-state index in [-0.39, 0.29) is 6.54 Å². The summed E-state index contributed by atoms with van der Waals surface area (Å²) in [5.41, 5.74) is 0. The van der Waals surface area contributed by atoms with Crippen LogP contribution in [0.25, 0.3) is 0 Å². The van der Waals surface area contributed by atoms with Gasteiger partial charge in [0, 0.05) is 11.8 Å². The number of nitrogens with zero attached hydrogens (tertiary/aromatic N) is 2. The van der Waals surface area contributed by atoms with E-state index in [2.05, 4.69) is 4.74 Å². The van der Waals surface area contributed by atoms with Crippen molar-refractivity contribution in [2.75, 3.05) is 20.7 Å². The zero-order valence-electron chi connectivity index (χ0n) is 7.31. The highest BCUT2D eigenvalue weighted by Crippen LogP contribution is 1.95. The smallest absolute Gasteiger partial charge is 0.320 e. The summed E-state index contributed by atoms with van der Waals surface area (Å²) in [5.74, 6) is -0.480. The topological polar surface area (TPSA) is 72.7 Å². The molecule has 0 aliphatic carbocycles. The molecule has 0 aromatic carbocycles. The number of carbonyl (C=O) groups is 1. The van der Waals surface area contributed by atoms with Crippen LogP contribution in [0.1, 0.15) is 6.92 Å². The maximum atomic E-state index is 10.7. The molecule has 0 saturated carbocycles. The Morgan fingerprint density at radius 3 is 2.58 bits per heavy atom. The Kier molecular flexibility index (Phi) is 4.20. The molecule has 0 aliphatic heterocycles. The Morgan fingerprint density at radius 1 is 1.75 bits per heavy atom. The van der Waals surface area contributed by atoms with Crippen LogP contribution in [0.2, 0.25) is 0 Å². The number of esters is 1. The first-order chi connectivity index (χ1) is 5.49. The lowest BCUT2D eigenvalue weighted by Gasteiger charge is -2.15. The molecule has 0 radical (unpaired) electrons. The maximum absolute atomic E-state index is 10.7. The van der Waals surface area contributed by atoms with Crippen LogP contribution in [-0.2, 0) is 9.53 Å². The fourth-order valence-corrected chi connectivity index (χ4v) is 0.561. The molecule has 70 valence electrons. The van der Waals surface area contributed by atoms with Gasteiger partial charge in [0.1, 0.15) is 6.54 Å². The normalized spacial score (nSPS) is 12.7. The Labute approximate surface area is 70.3 Å². The summed E-state index contributed by atoms with van der Waals surface area (Å²) in [5, 5.41) is 10.2. The van der Waals surface area contributed by atoms with Crippen LogP contribution >= 0.6 is 0 Å². The fourth-order valence-electron chi connectivity index (χ4n) is 0.561. The first-order valence-electron chi connectivity index (χ1n) is 3.39. The predicted octanol–water partition coefficient (Wildman–Crippen LogP) is -0.286. The minimum atomic E-state index is -0.871. The third kappa shape index (κ3) is 3.29. The highest BCUT2D eigenvalue weighted by molar-refractivity contribution is 5.71. The number of methoxy groups -OCH3 is 1. The molecule has 0 saturated heterocycles. The summed E-state index contributed by atoms with van der Waals surface area (Å²) < 4.78 is 4.35. The lowest BCUT2D eigenvalue weighted by molar-refractivity contribution is -0.543. The average Bonchev–Trinajstić information content (AvgIpc) is 2.02. The second kappa shape index (κ2) is 4.66. The SMILES string of the molecule is COC(=O)CN(C)C(C)[N+](=O)[O-]. The Morgan fingerprint density at radius 2 is 2.25 bits per heavy atom. The second-order valence-corrected chi connectivity index (χ2v) is 2.41. The van der Waals surface area contributed by atoms with Gasteiger partial charge in [-0.1, -0.05) is 0 Å². The highest BCUT2D eigenvalue weighted by atomic mass is 16.6. The Balaban J connectivity index is 3.94. The minimum Gasteiger partial charge on any atom is -0.468 e. The molecule has 0 aromatic rings. The number of ether oxygens (including phenoxy) is 1. The van der Waals surface area contributed by atoms with Crippen LogP contribution in [0.3, 0.4) is 0 Å². The highest BCUT2D eigenvalue weighted by Gasteiger charge is 2.21. The van der Waals surface area contributed by atoms with Gasteiger partial charge in [-0.05, 0) is 7.05 Å². The quantitative estimate of drug-likeness (QED) is 0.255. The summed E-state index contributed by atoms with van der Waals surface area (Å²) in [4.78, 5) is 21.7. The van der Waals surface area contributed by atoms with Crippen molar-refractivity contribution in [2.45, 2.75) is 13.1 Å².